The van der Waals surface area contributed by atoms with Crippen LogP contribution in [0.2, 0.25) is 0 Å². The van der Waals surface area contributed by atoms with Gasteiger partial charge in [-0.25, -0.2) is 0 Å². The van der Waals surface area contributed by atoms with E-state index in [4.69, 9.17) is 0 Å². The van der Waals surface area contributed by atoms with Crippen LogP contribution in [0.5, 0.6) is 0 Å². The van der Waals surface area contributed by atoms with Crippen LogP contribution in [0, 0.1) is 26.6 Å². The number of rotatable bonds is 0. The first kappa shape index (κ1) is 10.5. The van der Waals surface area contributed by atoms with E-state index in [1.165, 1.54) is 11.1 Å². The molecule has 2 heteroatoms. The van der Waals surface area contributed by atoms with Gasteiger partial charge in [0.25, 0.3) is 0 Å². The Morgan fingerprint density at radius 1 is 1.20 bits per heavy atom. The van der Waals surface area contributed by atoms with Gasteiger partial charge in [0, 0.05) is 21.7 Å². The predicted octanol–water partition coefficient (Wildman–Crippen LogP) is 2.93. The normalized spacial score (nSPS) is 11.0. The zero-order valence-corrected chi connectivity index (χ0v) is 9.40. The molecule has 1 rings (SSSR count). The first-order valence-electron chi connectivity index (χ1n) is 3.14. The van der Waals surface area contributed by atoms with Crippen molar-refractivity contribution in [3.63, 3.8) is 0 Å². The van der Waals surface area contributed by atoms with E-state index in [1.54, 1.807) is 5.30 Å². The third-order valence-corrected chi connectivity index (χ3v) is 3.96. The smallest absolute Gasteiger partial charge is 0 e. The van der Waals surface area contributed by atoms with Crippen LogP contribution in [0.15, 0.2) is 0 Å². The van der Waals surface area contributed by atoms with Crippen molar-refractivity contribution in [3.8, 4) is 0 Å². The molecule has 0 nitrogen and oxygen atoms in total. The summed E-state index contributed by atoms with van der Waals surface area (Å²) in [5.41, 5.74) is 2.82. The number of hydrogen-bond acceptors (Lipinski definition) is 0. The Bertz CT molecular complexity index is 203. The van der Waals surface area contributed by atoms with Crippen molar-refractivity contribution < 1.29 is 21.7 Å². The fourth-order valence-corrected chi connectivity index (χ4v) is 2.45. The van der Waals surface area contributed by atoms with E-state index in [0.717, 1.165) is 0 Å². The second kappa shape index (κ2) is 3.76. The first-order valence-corrected chi connectivity index (χ1v) is 4.93. The van der Waals surface area contributed by atoms with Crippen molar-refractivity contribution in [2.45, 2.75) is 20.8 Å². The van der Waals surface area contributed by atoms with Gasteiger partial charge in [0.2, 0.25) is 0 Å². The second-order valence-corrected chi connectivity index (χ2v) is 4.52. The number of aryl methyl sites for hydroxylation is 2. The molecule has 0 saturated heterocycles. The molecular weight excluding hydrogens is 175 g/mol. The van der Waals surface area contributed by atoms with Crippen LogP contribution in [0.4, 0.5) is 0 Å². The average Bonchev–Trinajstić information content (AvgIpc) is 1.98. The maximum Gasteiger partial charge on any atom is 0 e. The third-order valence-electron chi connectivity index (χ3n) is 1.94. The second-order valence-electron chi connectivity index (χ2n) is 2.51. The zero-order valence-electron chi connectivity index (χ0n) is 6.95. The molecule has 1 aromatic rings. The molecule has 1 heterocycles. The van der Waals surface area contributed by atoms with E-state index in [2.05, 4.69) is 33.2 Å². The van der Waals surface area contributed by atoms with Crippen molar-refractivity contribution in [2.75, 3.05) is 0 Å². The molecule has 0 aliphatic rings. The molecule has 10 heavy (non-hydrogen) atoms. The van der Waals surface area contributed by atoms with Crippen molar-refractivity contribution >= 4 is 7.53 Å². The first-order chi connectivity index (χ1) is 4.13. The van der Waals surface area contributed by atoms with Gasteiger partial charge in [0.1, 0.15) is 0 Å². The molecule has 0 N–H and O–H groups in total. The molecule has 0 aliphatic heterocycles. The van der Waals surface area contributed by atoms with Crippen molar-refractivity contribution in [1.82, 2.24) is 0 Å². The molecule has 1 aromatic heterocycles. The van der Waals surface area contributed by atoms with E-state index < -0.39 is 0 Å². The van der Waals surface area contributed by atoms with E-state index in [9.17, 15) is 0 Å². The summed E-state index contributed by atoms with van der Waals surface area (Å²) < 4.78 is 0. The van der Waals surface area contributed by atoms with Crippen LogP contribution in [0.25, 0.3) is 0 Å². The Hall–Kier alpha value is 0.494. The van der Waals surface area contributed by atoms with Crippen LogP contribution >= 0.6 is 7.53 Å². The van der Waals surface area contributed by atoms with Gasteiger partial charge in [-0.05, 0) is 6.66 Å². The molecule has 0 bridgehead atoms. The fourth-order valence-electron chi connectivity index (χ4n) is 0.942. The van der Waals surface area contributed by atoms with Crippen molar-refractivity contribution in [1.29, 1.82) is 0 Å². The van der Waals surface area contributed by atoms with Gasteiger partial charge in [-0.2, -0.15) is 22.2 Å². The van der Waals surface area contributed by atoms with Gasteiger partial charge in [0.15, 0.2) is 0 Å². The minimum atomic E-state index is -0.0123. The Kier molecular flexibility index (Phi) is 3.95. The number of hydrogen-bond donors (Lipinski definition) is 0. The molecule has 0 amide bonds. The van der Waals surface area contributed by atoms with Crippen LogP contribution in [-0.2, 0) is 28.4 Å². The Balaban J connectivity index is 0.000000810. The van der Waals surface area contributed by atoms with Gasteiger partial charge in [-0.15, -0.1) is 0 Å². The Morgan fingerprint density at radius 2 is 1.70 bits per heavy atom. The van der Waals surface area contributed by atoms with Gasteiger partial charge < -0.3 is 0 Å². The van der Waals surface area contributed by atoms with Gasteiger partial charge in [0.05, 0.1) is 0 Å². The molecule has 54 valence electrons. The predicted molar refractivity (Wildman–Crippen MR) is 43.2 cm³/mol. The molecule has 0 aromatic carbocycles. The maximum absolute atomic E-state index is 3.42. The summed E-state index contributed by atoms with van der Waals surface area (Å²) in [6.07, 6.45) is 0. The molecular formula is C8H12PTi-. The largest absolute Gasteiger partial charge is 0.255 e. The van der Waals surface area contributed by atoms with Crippen LogP contribution in [0.1, 0.15) is 16.4 Å². The standard InChI is InChI=1S/C8H12P.Ti/c1-6-5-9(4)8(3)7(6)2;/h1-4H3;/q-1;. The molecule has 0 spiro atoms. The minimum absolute atomic E-state index is 0. The van der Waals surface area contributed by atoms with E-state index in [0.29, 0.717) is 0 Å². The Labute approximate surface area is 79.0 Å². The monoisotopic (exact) mass is 187 g/mol. The fraction of sp³-hybridized carbons (Fsp3) is 0.500. The summed E-state index contributed by atoms with van der Waals surface area (Å²) in [5.74, 6) is 3.42. The van der Waals surface area contributed by atoms with E-state index in [-0.39, 0.29) is 29.3 Å². The van der Waals surface area contributed by atoms with E-state index >= 15 is 0 Å². The van der Waals surface area contributed by atoms with Crippen LogP contribution < -0.4 is 0 Å². The quantitative estimate of drug-likeness (QED) is 0.432. The molecule has 0 saturated carbocycles. The van der Waals surface area contributed by atoms with Crippen LogP contribution in [0.3, 0.4) is 0 Å². The molecule has 0 radical (unpaired) electrons. The molecule has 0 fully saturated rings. The van der Waals surface area contributed by atoms with Crippen molar-refractivity contribution in [3.05, 3.63) is 22.2 Å². The molecule has 0 aliphatic carbocycles. The summed E-state index contributed by atoms with van der Waals surface area (Å²) in [6.45, 7) is 8.80. The van der Waals surface area contributed by atoms with Crippen molar-refractivity contribution in [2.24, 2.45) is 6.66 Å². The molecule has 1 atom stereocenters. The summed E-state index contributed by atoms with van der Waals surface area (Å²) in [4.78, 5) is 0. The van der Waals surface area contributed by atoms with Gasteiger partial charge in [-0.3, -0.25) is 7.53 Å². The SMILES string of the molecule is Cc1[c-]p(C)c(C)c1C.[Ti]. The summed E-state index contributed by atoms with van der Waals surface area (Å²) in [6, 6.07) is 0. The maximum atomic E-state index is 3.42. The van der Waals surface area contributed by atoms with Gasteiger partial charge >= 0.3 is 0 Å². The van der Waals surface area contributed by atoms with Crippen LogP contribution in [-0.4, -0.2) is 0 Å². The summed E-state index contributed by atoms with van der Waals surface area (Å²) in [7, 11) is -0.0123. The summed E-state index contributed by atoms with van der Waals surface area (Å²) >= 11 is 0. The Morgan fingerprint density at radius 3 is 1.80 bits per heavy atom. The third kappa shape index (κ3) is 1.75. The molecule has 1 unspecified atom stereocenters. The minimum Gasteiger partial charge on any atom is -0.255 e. The van der Waals surface area contributed by atoms with E-state index in [1.807, 2.05) is 0 Å². The average molecular weight is 187 g/mol. The van der Waals surface area contributed by atoms with Gasteiger partial charge in [-0.1, -0.05) is 20.8 Å². The zero-order chi connectivity index (χ0) is 7.02. The topological polar surface area (TPSA) is 0 Å². The summed E-state index contributed by atoms with van der Waals surface area (Å²) in [5, 5.41) is 1.54.